The van der Waals surface area contributed by atoms with E-state index in [0.717, 1.165) is 23.2 Å². The fourth-order valence-electron chi connectivity index (χ4n) is 2.46. The van der Waals surface area contributed by atoms with Gasteiger partial charge in [0.05, 0.1) is 11.6 Å². The Morgan fingerprint density at radius 2 is 1.84 bits per heavy atom. The third-order valence-corrected chi connectivity index (χ3v) is 4.95. The normalized spacial score (nSPS) is 11.6. The lowest BCUT2D eigenvalue weighted by molar-refractivity contribution is 0.144. The van der Waals surface area contributed by atoms with Gasteiger partial charge in [-0.3, -0.25) is 0 Å². The molecule has 0 aliphatic carbocycles. The van der Waals surface area contributed by atoms with Crippen LogP contribution in [-0.4, -0.2) is 11.9 Å². The number of benzene rings is 1. The third-order valence-electron chi connectivity index (χ3n) is 3.47. The predicted octanol–water partition coefficient (Wildman–Crippen LogP) is 6.01. The predicted molar refractivity (Wildman–Crippen MR) is 87.7 cm³/mol. The molecular formula is C16H24BrClO. The van der Waals surface area contributed by atoms with Crippen LogP contribution in [0.1, 0.15) is 45.1 Å². The minimum absolute atomic E-state index is 0.220. The van der Waals surface area contributed by atoms with Gasteiger partial charge in [0.15, 0.2) is 0 Å². The Morgan fingerprint density at radius 1 is 1.21 bits per heavy atom. The molecule has 0 bridgehead atoms. The molecule has 0 radical (unpaired) electrons. The van der Waals surface area contributed by atoms with Crippen molar-refractivity contribution in [3.05, 3.63) is 28.8 Å². The molecule has 108 valence electrons. The van der Waals surface area contributed by atoms with E-state index in [1.807, 2.05) is 25.1 Å². The first-order valence-electron chi connectivity index (χ1n) is 7.02. The molecule has 3 heteroatoms. The number of hydrogen-bond acceptors (Lipinski definition) is 1. The third kappa shape index (κ3) is 5.00. The lowest BCUT2D eigenvalue weighted by Crippen LogP contribution is -2.30. The van der Waals surface area contributed by atoms with Crippen molar-refractivity contribution in [1.82, 2.24) is 0 Å². The maximum atomic E-state index is 6.22. The second-order valence-electron chi connectivity index (χ2n) is 5.36. The Labute approximate surface area is 130 Å². The number of hydrogen-bond donors (Lipinski definition) is 0. The SMILES string of the molecule is CCCC(CBr)(CCC)COc1ccc(C)cc1Cl. The average molecular weight is 348 g/mol. The highest BCUT2D eigenvalue weighted by molar-refractivity contribution is 9.09. The highest BCUT2D eigenvalue weighted by Crippen LogP contribution is 2.34. The summed E-state index contributed by atoms with van der Waals surface area (Å²) < 4.78 is 5.99. The average Bonchev–Trinajstić information content (AvgIpc) is 2.38. The van der Waals surface area contributed by atoms with E-state index >= 15 is 0 Å². The fraction of sp³-hybridized carbons (Fsp3) is 0.625. The Kier molecular flexibility index (Phi) is 7.23. The number of halogens is 2. The molecule has 0 aliphatic rings. The van der Waals surface area contributed by atoms with Crippen LogP contribution in [0.4, 0.5) is 0 Å². The zero-order valence-electron chi connectivity index (χ0n) is 12.1. The summed E-state index contributed by atoms with van der Waals surface area (Å²) in [5.74, 6) is 0.796. The summed E-state index contributed by atoms with van der Waals surface area (Å²) in [6.45, 7) is 7.22. The Hall–Kier alpha value is -0.210. The van der Waals surface area contributed by atoms with Gasteiger partial charge in [-0.05, 0) is 37.5 Å². The van der Waals surface area contributed by atoms with Crippen LogP contribution in [0, 0.1) is 12.3 Å². The van der Waals surface area contributed by atoms with Gasteiger partial charge in [-0.2, -0.15) is 0 Å². The van der Waals surface area contributed by atoms with E-state index in [9.17, 15) is 0 Å². The molecule has 1 aromatic rings. The molecule has 0 saturated heterocycles. The monoisotopic (exact) mass is 346 g/mol. The van der Waals surface area contributed by atoms with Crippen molar-refractivity contribution in [1.29, 1.82) is 0 Å². The van der Waals surface area contributed by atoms with Crippen LogP contribution in [0.2, 0.25) is 5.02 Å². The lowest BCUT2D eigenvalue weighted by atomic mass is 9.82. The first-order chi connectivity index (χ1) is 9.06. The summed E-state index contributed by atoms with van der Waals surface area (Å²) in [4.78, 5) is 0. The van der Waals surface area contributed by atoms with Gasteiger partial charge in [0.25, 0.3) is 0 Å². The molecular weight excluding hydrogens is 324 g/mol. The van der Waals surface area contributed by atoms with Gasteiger partial charge in [-0.15, -0.1) is 0 Å². The van der Waals surface area contributed by atoms with Crippen LogP contribution in [-0.2, 0) is 0 Å². The van der Waals surface area contributed by atoms with Crippen molar-refractivity contribution in [3.8, 4) is 5.75 Å². The molecule has 0 unspecified atom stereocenters. The van der Waals surface area contributed by atoms with Crippen molar-refractivity contribution in [2.24, 2.45) is 5.41 Å². The molecule has 1 nitrogen and oxygen atoms in total. The van der Waals surface area contributed by atoms with Crippen LogP contribution in [0.25, 0.3) is 0 Å². The van der Waals surface area contributed by atoms with E-state index < -0.39 is 0 Å². The van der Waals surface area contributed by atoms with Crippen molar-refractivity contribution in [2.45, 2.75) is 46.5 Å². The molecule has 0 atom stereocenters. The van der Waals surface area contributed by atoms with Crippen LogP contribution in [0.3, 0.4) is 0 Å². The van der Waals surface area contributed by atoms with Crippen molar-refractivity contribution in [2.75, 3.05) is 11.9 Å². The lowest BCUT2D eigenvalue weighted by Gasteiger charge is -2.31. The molecule has 0 amide bonds. The van der Waals surface area contributed by atoms with Crippen molar-refractivity contribution >= 4 is 27.5 Å². The van der Waals surface area contributed by atoms with E-state index in [2.05, 4.69) is 29.8 Å². The number of alkyl halides is 1. The largest absolute Gasteiger partial charge is 0.491 e. The molecule has 19 heavy (non-hydrogen) atoms. The van der Waals surface area contributed by atoms with Crippen molar-refractivity contribution in [3.63, 3.8) is 0 Å². The molecule has 0 aliphatic heterocycles. The van der Waals surface area contributed by atoms with Gasteiger partial charge in [-0.25, -0.2) is 0 Å². The molecule has 0 N–H and O–H groups in total. The molecule has 0 fully saturated rings. The fourth-order valence-corrected chi connectivity index (χ4v) is 3.47. The molecule has 0 heterocycles. The minimum Gasteiger partial charge on any atom is -0.491 e. The number of ether oxygens (including phenoxy) is 1. The zero-order chi connectivity index (χ0) is 14.3. The van der Waals surface area contributed by atoms with E-state index in [1.54, 1.807) is 0 Å². The van der Waals surface area contributed by atoms with Crippen molar-refractivity contribution < 1.29 is 4.74 Å². The second-order valence-corrected chi connectivity index (χ2v) is 6.32. The quantitative estimate of drug-likeness (QED) is 0.523. The van der Waals surface area contributed by atoms with Gasteiger partial charge in [-0.1, -0.05) is 60.3 Å². The van der Waals surface area contributed by atoms with E-state index in [4.69, 9.17) is 16.3 Å². The van der Waals surface area contributed by atoms with Crippen LogP contribution in [0.15, 0.2) is 18.2 Å². The van der Waals surface area contributed by atoms with Gasteiger partial charge in [0.2, 0.25) is 0 Å². The Bertz CT molecular complexity index is 386. The minimum atomic E-state index is 0.220. The van der Waals surface area contributed by atoms with Crippen LogP contribution in [0.5, 0.6) is 5.75 Å². The smallest absolute Gasteiger partial charge is 0.137 e. The summed E-state index contributed by atoms with van der Waals surface area (Å²) in [6.07, 6.45) is 4.71. The maximum Gasteiger partial charge on any atom is 0.137 e. The summed E-state index contributed by atoms with van der Waals surface area (Å²) >= 11 is 9.88. The van der Waals surface area contributed by atoms with Crippen LogP contribution < -0.4 is 4.74 Å². The van der Waals surface area contributed by atoms with Gasteiger partial charge in [0, 0.05) is 10.7 Å². The maximum absolute atomic E-state index is 6.22. The first-order valence-corrected chi connectivity index (χ1v) is 8.51. The second kappa shape index (κ2) is 8.16. The van der Waals surface area contributed by atoms with E-state index in [1.165, 1.54) is 25.7 Å². The van der Waals surface area contributed by atoms with Gasteiger partial charge in [0.1, 0.15) is 5.75 Å². The molecule has 0 aromatic heterocycles. The molecule has 0 saturated carbocycles. The molecule has 0 spiro atoms. The summed E-state index contributed by atoms with van der Waals surface area (Å²) in [5, 5.41) is 1.68. The van der Waals surface area contributed by atoms with Crippen LogP contribution >= 0.6 is 27.5 Å². The Balaban J connectivity index is 2.74. The molecule has 1 rings (SSSR count). The standard InChI is InChI=1S/C16H24BrClO/c1-4-8-16(11-17,9-5-2)12-19-15-7-6-13(3)10-14(15)18/h6-7,10H,4-5,8-9,11-12H2,1-3H3. The summed E-state index contributed by atoms with van der Waals surface area (Å²) in [6, 6.07) is 5.96. The number of rotatable bonds is 8. The highest BCUT2D eigenvalue weighted by atomic mass is 79.9. The van der Waals surface area contributed by atoms with Gasteiger partial charge >= 0.3 is 0 Å². The summed E-state index contributed by atoms with van der Waals surface area (Å²) in [7, 11) is 0. The topological polar surface area (TPSA) is 9.23 Å². The summed E-state index contributed by atoms with van der Waals surface area (Å²) in [5.41, 5.74) is 1.38. The zero-order valence-corrected chi connectivity index (χ0v) is 14.5. The van der Waals surface area contributed by atoms with E-state index in [-0.39, 0.29) is 5.41 Å². The number of aryl methyl sites for hydroxylation is 1. The van der Waals surface area contributed by atoms with Gasteiger partial charge < -0.3 is 4.74 Å². The van der Waals surface area contributed by atoms with E-state index in [0.29, 0.717) is 5.02 Å². The first kappa shape index (κ1) is 16.8. The Morgan fingerprint density at radius 3 is 2.32 bits per heavy atom. The highest BCUT2D eigenvalue weighted by Gasteiger charge is 2.28. The molecule has 1 aromatic carbocycles.